The van der Waals surface area contributed by atoms with Gasteiger partial charge in [0.05, 0.1) is 6.20 Å². The van der Waals surface area contributed by atoms with Crippen LogP contribution in [0.15, 0.2) is 24.4 Å². The summed E-state index contributed by atoms with van der Waals surface area (Å²) in [6, 6.07) is 3.76. The molecule has 3 rings (SSSR count). The summed E-state index contributed by atoms with van der Waals surface area (Å²) >= 11 is 0. The van der Waals surface area contributed by atoms with Gasteiger partial charge in [-0.15, -0.1) is 5.10 Å². The van der Waals surface area contributed by atoms with Crippen molar-refractivity contribution < 1.29 is 13.9 Å². The van der Waals surface area contributed by atoms with Crippen LogP contribution in [0.1, 0.15) is 44.0 Å². The smallest absolute Gasteiger partial charge is 0.130 e. The summed E-state index contributed by atoms with van der Waals surface area (Å²) in [6.45, 7) is 5.41. The standard InChI is InChI=1S/C17H22F2N4O/c1-12(2)23-10-16(20-21-23)17(24)6-3-7-22(11-17)9-13-4-5-14(18)8-15(13)19/h4-5,8,10,12,24H,3,6-7,9,11H2,1-2H3/t17-/m1/s1. The predicted octanol–water partition coefficient (Wildman–Crippen LogP) is 2.62. The van der Waals surface area contributed by atoms with E-state index < -0.39 is 17.2 Å². The fraction of sp³-hybridized carbons (Fsp3) is 0.529. The summed E-state index contributed by atoms with van der Waals surface area (Å²) in [5, 5.41) is 19.2. The summed E-state index contributed by atoms with van der Waals surface area (Å²) in [7, 11) is 0. The molecule has 5 nitrogen and oxygen atoms in total. The summed E-state index contributed by atoms with van der Waals surface area (Å²) in [5.74, 6) is -1.15. The van der Waals surface area contributed by atoms with Crippen LogP contribution in [0.4, 0.5) is 8.78 Å². The Morgan fingerprint density at radius 1 is 1.33 bits per heavy atom. The first kappa shape index (κ1) is 17.0. The van der Waals surface area contributed by atoms with E-state index in [4.69, 9.17) is 0 Å². The first-order chi connectivity index (χ1) is 11.4. The van der Waals surface area contributed by atoms with Gasteiger partial charge in [-0.3, -0.25) is 4.90 Å². The highest BCUT2D eigenvalue weighted by Gasteiger charge is 2.37. The molecule has 1 saturated heterocycles. The molecule has 1 fully saturated rings. The minimum atomic E-state index is -1.10. The van der Waals surface area contributed by atoms with E-state index in [9.17, 15) is 13.9 Å². The number of hydrogen-bond donors (Lipinski definition) is 1. The van der Waals surface area contributed by atoms with Crippen LogP contribution in [-0.2, 0) is 12.1 Å². The lowest BCUT2D eigenvalue weighted by Gasteiger charge is -2.38. The Balaban J connectivity index is 1.75. The van der Waals surface area contributed by atoms with Crippen molar-refractivity contribution in [2.45, 2.75) is 44.9 Å². The van der Waals surface area contributed by atoms with Gasteiger partial charge in [-0.2, -0.15) is 0 Å². The van der Waals surface area contributed by atoms with Crippen molar-refractivity contribution >= 4 is 0 Å². The van der Waals surface area contributed by atoms with Crippen molar-refractivity contribution in [3.63, 3.8) is 0 Å². The second-order valence-corrected chi connectivity index (χ2v) is 6.76. The third kappa shape index (κ3) is 3.47. The van der Waals surface area contributed by atoms with E-state index >= 15 is 0 Å². The highest BCUT2D eigenvalue weighted by molar-refractivity contribution is 5.19. The van der Waals surface area contributed by atoms with Gasteiger partial charge in [0, 0.05) is 30.8 Å². The van der Waals surface area contributed by atoms with Gasteiger partial charge in [-0.1, -0.05) is 11.3 Å². The molecule has 0 bridgehead atoms. The summed E-state index contributed by atoms with van der Waals surface area (Å²) < 4.78 is 28.6. The second kappa shape index (κ2) is 6.57. The van der Waals surface area contributed by atoms with E-state index in [1.807, 2.05) is 18.7 Å². The molecule has 1 aliphatic rings. The quantitative estimate of drug-likeness (QED) is 0.932. The predicted molar refractivity (Wildman–Crippen MR) is 85.2 cm³/mol. The van der Waals surface area contributed by atoms with Crippen molar-refractivity contribution in [3.05, 3.63) is 47.3 Å². The fourth-order valence-corrected chi connectivity index (χ4v) is 3.10. The maximum atomic E-state index is 13.9. The molecular formula is C17H22F2N4O. The number of hydrogen-bond acceptors (Lipinski definition) is 4. The highest BCUT2D eigenvalue weighted by Crippen LogP contribution is 2.31. The zero-order valence-electron chi connectivity index (χ0n) is 13.9. The third-order valence-electron chi connectivity index (χ3n) is 4.48. The molecule has 0 aliphatic carbocycles. The topological polar surface area (TPSA) is 54.2 Å². The Hall–Kier alpha value is -1.86. The number of nitrogens with zero attached hydrogens (tertiary/aromatic N) is 4. The maximum absolute atomic E-state index is 13.9. The molecule has 1 aromatic heterocycles. The minimum absolute atomic E-state index is 0.169. The normalized spacial score (nSPS) is 22.2. The number of β-amino-alcohol motifs (C(OH)–C–C–N with tert-alkyl or cyclic N) is 1. The first-order valence-corrected chi connectivity index (χ1v) is 8.18. The van der Waals surface area contributed by atoms with Gasteiger partial charge in [-0.25, -0.2) is 13.5 Å². The number of halogens is 2. The summed E-state index contributed by atoms with van der Waals surface area (Å²) in [6.07, 6.45) is 3.13. The molecule has 1 aliphatic heterocycles. The van der Waals surface area contributed by atoms with Crippen LogP contribution >= 0.6 is 0 Å². The number of rotatable bonds is 4. The number of benzene rings is 1. The lowest BCUT2D eigenvalue weighted by molar-refractivity contribution is -0.0417. The molecule has 2 heterocycles. The van der Waals surface area contributed by atoms with Gasteiger partial charge in [0.2, 0.25) is 0 Å². The molecule has 7 heteroatoms. The molecule has 0 unspecified atom stereocenters. The van der Waals surface area contributed by atoms with E-state index in [2.05, 4.69) is 10.3 Å². The third-order valence-corrected chi connectivity index (χ3v) is 4.48. The van der Waals surface area contributed by atoms with Crippen molar-refractivity contribution in [2.24, 2.45) is 0 Å². The molecular weight excluding hydrogens is 314 g/mol. The molecule has 1 N–H and O–H groups in total. The Bertz CT molecular complexity index is 718. The summed E-state index contributed by atoms with van der Waals surface area (Å²) in [5.41, 5.74) is -0.131. The van der Waals surface area contributed by atoms with Crippen LogP contribution in [0.25, 0.3) is 0 Å². The summed E-state index contributed by atoms with van der Waals surface area (Å²) in [4.78, 5) is 1.97. The van der Waals surface area contributed by atoms with E-state index in [-0.39, 0.29) is 6.04 Å². The number of aromatic nitrogens is 3. The molecule has 24 heavy (non-hydrogen) atoms. The van der Waals surface area contributed by atoms with E-state index in [0.717, 1.165) is 19.0 Å². The van der Waals surface area contributed by atoms with Crippen molar-refractivity contribution in [1.29, 1.82) is 0 Å². The van der Waals surface area contributed by atoms with E-state index in [0.29, 0.717) is 30.8 Å². The Morgan fingerprint density at radius 3 is 2.79 bits per heavy atom. The molecule has 0 spiro atoms. The SMILES string of the molecule is CC(C)n1cc([C@@]2(O)CCCN(Cc3ccc(F)cc3F)C2)nn1. The maximum Gasteiger partial charge on any atom is 0.130 e. The van der Waals surface area contributed by atoms with Gasteiger partial charge < -0.3 is 5.11 Å². The Morgan fingerprint density at radius 2 is 2.12 bits per heavy atom. The molecule has 1 atom stereocenters. The van der Waals surface area contributed by atoms with Gasteiger partial charge >= 0.3 is 0 Å². The lowest BCUT2D eigenvalue weighted by Crippen LogP contribution is -2.46. The average molecular weight is 336 g/mol. The monoisotopic (exact) mass is 336 g/mol. The number of piperidine rings is 1. The second-order valence-electron chi connectivity index (χ2n) is 6.76. The van der Waals surface area contributed by atoms with Crippen LogP contribution in [0.3, 0.4) is 0 Å². The molecule has 2 aromatic rings. The van der Waals surface area contributed by atoms with Crippen LogP contribution in [0.5, 0.6) is 0 Å². The number of aliphatic hydroxyl groups is 1. The van der Waals surface area contributed by atoms with E-state index in [1.54, 1.807) is 10.9 Å². The van der Waals surface area contributed by atoms with Crippen LogP contribution in [-0.4, -0.2) is 38.1 Å². The van der Waals surface area contributed by atoms with Crippen LogP contribution < -0.4 is 0 Å². The van der Waals surface area contributed by atoms with Gasteiger partial charge in [0.15, 0.2) is 0 Å². The van der Waals surface area contributed by atoms with Gasteiger partial charge in [0.25, 0.3) is 0 Å². The zero-order chi connectivity index (χ0) is 17.3. The molecule has 130 valence electrons. The van der Waals surface area contributed by atoms with E-state index in [1.165, 1.54) is 12.1 Å². The van der Waals surface area contributed by atoms with Crippen molar-refractivity contribution in [3.8, 4) is 0 Å². The van der Waals surface area contributed by atoms with Crippen LogP contribution in [0, 0.1) is 11.6 Å². The average Bonchev–Trinajstić information content (AvgIpc) is 3.01. The molecule has 0 radical (unpaired) electrons. The minimum Gasteiger partial charge on any atom is -0.382 e. The highest BCUT2D eigenvalue weighted by atomic mass is 19.1. The van der Waals surface area contributed by atoms with Crippen molar-refractivity contribution in [2.75, 3.05) is 13.1 Å². The zero-order valence-corrected chi connectivity index (χ0v) is 13.9. The van der Waals surface area contributed by atoms with Crippen molar-refractivity contribution in [1.82, 2.24) is 19.9 Å². The first-order valence-electron chi connectivity index (χ1n) is 8.18. The fourth-order valence-electron chi connectivity index (χ4n) is 3.10. The lowest BCUT2D eigenvalue weighted by atomic mass is 9.89. The number of likely N-dealkylation sites (tertiary alicyclic amines) is 1. The molecule has 0 saturated carbocycles. The molecule has 0 amide bonds. The van der Waals surface area contributed by atoms with Gasteiger partial charge in [-0.05, 0) is 39.3 Å². The Labute approximate surface area is 139 Å². The molecule has 1 aromatic carbocycles. The largest absolute Gasteiger partial charge is 0.382 e. The van der Waals surface area contributed by atoms with Gasteiger partial charge in [0.1, 0.15) is 22.9 Å². The van der Waals surface area contributed by atoms with Crippen LogP contribution in [0.2, 0.25) is 0 Å². The Kier molecular flexibility index (Phi) is 4.64.